The van der Waals surface area contributed by atoms with Crippen LogP contribution in [0.15, 0.2) is 45.3 Å². The summed E-state index contributed by atoms with van der Waals surface area (Å²) in [6, 6.07) is 9.00. The predicted molar refractivity (Wildman–Crippen MR) is 115 cm³/mol. The van der Waals surface area contributed by atoms with Crippen LogP contribution in [0.2, 0.25) is 0 Å². The van der Waals surface area contributed by atoms with Crippen LogP contribution in [0.5, 0.6) is 5.75 Å². The number of nitrogens with zero attached hydrogens (tertiary/aromatic N) is 2. The van der Waals surface area contributed by atoms with Gasteiger partial charge in [0.15, 0.2) is 0 Å². The maximum Gasteiger partial charge on any atom is 0.332 e. The van der Waals surface area contributed by atoms with Crippen molar-refractivity contribution in [3.05, 3.63) is 62.1 Å². The van der Waals surface area contributed by atoms with E-state index >= 15 is 0 Å². The van der Waals surface area contributed by atoms with Crippen molar-refractivity contribution >= 4 is 27.5 Å². The maximum absolute atomic E-state index is 13.1. The van der Waals surface area contributed by atoms with E-state index in [1.165, 1.54) is 20.5 Å². The van der Waals surface area contributed by atoms with Crippen molar-refractivity contribution in [1.82, 2.24) is 14.5 Å². The van der Waals surface area contributed by atoms with Gasteiger partial charge in [-0.1, -0.05) is 25.5 Å². The largest absolute Gasteiger partial charge is 0.494 e. The van der Waals surface area contributed by atoms with Gasteiger partial charge in [-0.3, -0.25) is 18.7 Å². The minimum absolute atomic E-state index is 0.112. The highest BCUT2D eigenvalue weighted by atomic mass is 32.1. The number of aromatic nitrogens is 2. The molecule has 2 aromatic heterocycles. The quantitative estimate of drug-likeness (QED) is 0.545. The van der Waals surface area contributed by atoms with Crippen molar-refractivity contribution in [2.75, 3.05) is 13.2 Å². The molecular weight excluding hydrogens is 390 g/mol. The molecule has 2 heterocycles. The van der Waals surface area contributed by atoms with Gasteiger partial charge < -0.3 is 10.1 Å². The minimum Gasteiger partial charge on any atom is -0.494 e. The van der Waals surface area contributed by atoms with E-state index in [2.05, 4.69) is 5.32 Å². The number of rotatable bonds is 9. The highest BCUT2D eigenvalue weighted by molar-refractivity contribution is 7.17. The Morgan fingerprint density at radius 1 is 1.10 bits per heavy atom. The molecule has 0 aliphatic rings. The normalized spacial score (nSPS) is 11.0. The molecule has 0 aliphatic carbocycles. The van der Waals surface area contributed by atoms with Crippen molar-refractivity contribution in [2.24, 2.45) is 0 Å². The summed E-state index contributed by atoms with van der Waals surface area (Å²) in [6.07, 6.45) is 1.85. The molecule has 1 N–H and O–H groups in total. The smallest absolute Gasteiger partial charge is 0.332 e. The van der Waals surface area contributed by atoms with Crippen molar-refractivity contribution in [3.8, 4) is 5.75 Å². The summed E-state index contributed by atoms with van der Waals surface area (Å²) in [6.45, 7) is 5.11. The molecule has 7 nitrogen and oxygen atoms in total. The van der Waals surface area contributed by atoms with Crippen LogP contribution >= 0.6 is 11.3 Å². The monoisotopic (exact) mass is 415 g/mol. The number of benzene rings is 1. The van der Waals surface area contributed by atoms with Crippen LogP contribution in [0.25, 0.3) is 10.2 Å². The lowest BCUT2D eigenvalue weighted by molar-refractivity contribution is -0.121. The standard InChI is InChI=1S/C21H25N3O4S/c1-3-5-11-22-18(25)14-23-17-10-12-29-19(17)20(26)24(21(23)27)13-15-6-8-16(9-7-15)28-4-2/h6-10,12H,3-5,11,13-14H2,1-2H3,(H,22,25). The zero-order valence-corrected chi connectivity index (χ0v) is 17.5. The van der Waals surface area contributed by atoms with Crippen LogP contribution in [0.4, 0.5) is 0 Å². The van der Waals surface area contributed by atoms with E-state index in [-0.39, 0.29) is 24.6 Å². The van der Waals surface area contributed by atoms with Gasteiger partial charge in [-0.15, -0.1) is 11.3 Å². The van der Waals surface area contributed by atoms with E-state index in [0.717, 1.165) is 24.2 Å². The van der Waals surface area contributed by atoms with E-state index in [9.17, 15) is 14.4 Å². The number of fused-ring (bicyclic) bond motifs is 1. The molecule has 1 aromatic carbocycles. The van der Waals surface area contributed by atoms with Gasteiger partial charge >= 0.3 is 5.69 Å². The Hall–Kier alpha value is -2.87. The average Bonchev–Trinajstić information content (AvgIpc) is 3.20. The fourth-order valence-corrected chi connectivity index (χ4v) is 3.91. The summed E-state index contributed by atoms with van der Waals surface area (Å²) in [4.78, 5) is 38.2. The zero-order chi connectivity index (χ0) is 20.8. The van der Waals surface area contributed by atoms with Gasteiger partial charge in [-0.25, -0.2) is 4.79 Å². The molecule has 0 saturated carbocycles. The first-order chi connectivity index (χ1) is 14.0. The molecule has 1 amide bonds. The molecule has 3 rings (SSSR count). The van der Waals surface area contributed by atoms with E-state index in [4.69, 9.17) is 4.74 Å². The zero-order valence-electron chi connectivity index (χ0n) is 16.6. The maximum atomic E-state index is 13.1. The van der Waals surface area contributed by atoms with Gasteiger partial charge in [0.1, 0.15) is 17.0 Å². The number of nitrogens with one attached hydrogen (secondary N) is 1. The van der Waals surface area contributed by atoms with Crippen molar-refractivity contribution < 1.29 is 9.53 Å². The summed E-state index contributed by atoms with van der Waals surface area (Å²) in [5.41, 5.74) is 0.484. The van der Waals surface area contributed by atoms with Crippen LogP contribution < -0.4 is 21.3 Å². The molecule has 154 valence electrons. The molecule has 0 radical (unpaired) electrons. The number of thiophene rings is 1. The first-order valence-electron chi connectivity index (χ1n) is 9.74. The Bertz CT molecular complexity index is 1100. The number of ether oxygens (including phenoxy) is 1. The van der Waals surface area contributed by atoms with E-state index in [0.29, 0.717) is 23.4 Å². The van der Waals surface area contributed by atoms with E-state index < -0.39 is 5.69 Å². The molecule has 0 atom stereocenters. The average molecular weight is 416 g/mol. The third kappa shape index (κ3) is 4.76. The Balaban J connectivity index is 1.94. The highest BCUT2D eigenvalue weighted by Gasteiger charge is 2.16. The first kappa shape index (κ1) is 20.9. The van der Waals surface area contributed by atoms with Gasteiger partial charge in [0, 0.05) is 6.54 Å². The van der Waals surface area contributed by atoms with Crippen molar-refractivity contribution in [3.63, 3.8) is 0 Å². The van der Waals surface area contributed by atoms with Gasteiger partial charge in [-0.05, 0) is 42.5 Å². The highest BCUT2D eigenvalue weighted by Crippen LogP contribution is 2.16. The number of carbonyl (C=O) groups excluding carboxylic acids is 1. The molecular formula is C21H25N3O4S. The summed E-state index contributed by atoms with van der Waals surface area (Å²) in [5.74, 6) is 0.498. The third-order valence-corrected chi connectivity index (χ3v) is 5.46. The molecule has 8 heteroatoms. The lowest BCUT2D eigenvalue weighted by Crippen LogP contribution is -2.42. The van der Waals surface area contributed by atoms with Crippen LogP contribution in [-0.2, 0) is 17.9 Å². The third-order valence-electron chi connectivity index (χ3n) is 4.57. The van der Waals surface area contributed by atoms with Gasteiger partial charge in [-0.2, -0.15) is 0 Å². The lowest BCUT2D eigenvalue weighted by atomic mass is 10.2. The molecule has 0 fully saturated rings. The second-order valence-electron chi connectivity index (χ2n) is 6.68. The Labute approximate surface area is 172 Å². The fourth-order valence-electron chi connectivity index (χ4n) is 3.07. The number of hydrogen-bond acceptors (Lipinski definition) is 5. The van der Waals surface area contributed by atoms with E-state index in [1.54, 1.807) is 11.4 Å². The van der Waals surface area contributed by atoms with Gasteiger partial charge in [0.05, 0.1) is 18.7 Å². The molecule has 0 spiro atoms. The molecule has 3 aromatic rings. The number of amides is 1. The van der Waals surface area contributed by atoms with Crippen LogP contribution in [-0.4, -0.2) is 28.2 Å². The Morgan fingerprint density at radius 3 is 2.55 bits per heavy atom. The summed E-state index contributed by atoms with van der Waals surface area (Å²) >= 11 is 1.27. The van der Waals surface area contributed by atoms with E-state index in [1.807, 2.05) is 38.1 Å². The fraction of sp³-hybridized carbons (Fsp3) is 0.381. The second-order valence-corrected chi connectivity index (χ2v) is 7.59. The van der Waals surface area contributed by atoms with Crippen LogP contribution in [0.1, 0.15) is 32.3 Å². The van der Waals surface area contributed by atoms with Crippen molar-refractivity contribution in [2.45, 2.75) is 39.8 Å². The minimum atomic E-state index is -0.486. The van der Waals surface area contributed by atoms with Gasteiger partial charge in [0.2, 0.25) is 5.91 Å². The van der Waals surface area contributed by atoms with Crippen LogP contribution in [0, 0.1) is 0 Å². The van der Waals surface area contributed by atoms with Crippen LogP contribution in [0.3, 0.4) is 0 Å². The molecule has 0 aliphatic heterocycles. The number of unbranched alkanes of at least 4 members (excludes halogenated alkanes) is 1. The molecule has 0 bridgehead atoms. The lowest BCUT2D eigenvalue weighted by Gasteiger charge is -2.13. The number of hydrogen-bond donors (Lipinski definition) is 1. The first-order valence-corrected chi connectivity index (χ1v) is 10.6. The van der Waals surface area contributed by atoms with Gasteiger partial charge in [0.25, 0.3) is 5.56 Å². The second kappa shape index (κ2) is 9.56. The Kier molecular flexibility index (Phi) is 6.87. The molecule has 0 saturated heterocycles. The number of carbonyl (C=O) groups is 1. The Morgan fingerprint density at radius 2 is 1.86 bits per heavy atom. The summed E-state index contributed by atoms with van der Waals surface area (Å²) in [7, 11) is 0. The molecule has 0 unspecified atom stereocenters. The molecule has 29 heavy (non-hydrogen) atoms. The SMILES string of the molecule is CCCCNC(=O)Cn1c(=O)n(Cc2ccc(OCC)cc2)c(=O)c2sccc21. The predicted octanol–water partition coefficient (Wildman–Crippen LogP) is 2.59. The summed E-state index contributed by atoms with van der Waals surface area (Å²) in [5, 5.41) is 4.58. The summed E-state index contributed by atoms with van der Waals surface area (Å²) < 4.78 is 8.47. The topological polar surface area (TPSA) is 82.3 Å². The van der Waals surface area contributed by atoms with Crippen molar-refractivity contribution in [1.29, 1.82) is 0 Å².